The molecular formula is C19H20F3N5O3. The van der Waals surface area contributed by atoms with Crippen LogP contribution in [0, 0.1) is 12.8 Å². The second-order valence-electron chi connectivity index (χ2n) is 7.09. The van der Waals surface area contributed by atoms with Gasteiger partial charge in [-0.1, -0.05) is 29.8 Å². The van der Waals surface area contributed by atoms with Crippen molar-refractivity contribution >= 4 is 17.7 Å². The van der Waals surface area contributed by atoms with Gasteiger partial charge in [-0.25, -0.2) is 0 Å². The van der Waals surface area contributed by atoms with Crippen molar-refractivity contribution in [1.82, 2.24) is 25.5 Å². The van der Waals surface area contributed by atoms with Crippen LogP contribution in [0.2, 0.25) is 0 Å². The zero-order valence-corrected chi connectivity index (χ0v) is 16.1. The molecule has 3 amide bonds. The van der Waals surface area contributed by atoms with Crippen LogP contribution < -0.4 is 10.9 Å². The molecular weight excluding hydrogens is 403 g/mol. The quantitative estimate of drug-likeness (QED) is 0.711. The first-order valence-electron chi connectivity index (χ1n) is 9.14. The molecule has 0 bridgehead atoms. The number of carbonyl (C=O) groups is 3. The molecule has 1 aromatic carbocycles. The summed E-state index contributed by atoms with van der Waals surface area (Å²) in [5.74, 6) is -2.09. The highest BCUT2D eigenvalue weighted by molar-refractivity contribution is 5.90. The maximum absolute atomic E-state index is 12.5. The Morgan fingerprint density at radius 2 is 1.87 bits per heavy atom. The van der Waals surface area contributed by atoms with Crippen LogP contribution in [-0.2, 0) is 33.6 Å². The molecule has 0 saturated carbocycles. The molecule has 1 atom stereocenters. The second kappa shape index (κ2) is 8.56. The number of aryl methyl sites for hydroxylation is 1. The predicted molar refractivity (Wildman–Crippen MR) is 98.2 cm³/mol. The molecule has 1 aromatic heterocycles. The van der Waals surface area contributed by atoms with Gasteiger partial charge in [0.2, 0.25) is 11.8 Å². The normalized spacial score (nSPS) is 16.6. The molecule has 2 aromatic rings. The lowest BCUT2D eigenvalue weighted by Crippen LogP contribution is -2.46. The highest BCUT2D eigenvalue weighted by Crippen LogP contribution is 2.27. The average molecular weight is 423 g/mol. The van der Waals surface area contributed by atoms with E-state index in [9.17, 15) is 27.6 Å². The molecule has 2 heterocycles. The largest absolute Gasteiger partial charge is 0.435 e. The summed E-state index contributed by atoms with van der Waals surface area (Å²) in [5, 5.41) is 3.26. The molecule has 11 heteroatoms. The average Bonchev–Trinajstić information content (AvgIpc) is 3.29. The predicted octanol–water partition coefficient (Wildman–Crippen LogP) is 1.41. The van der Waals surface area contributed by atoms with E-state index in [1.807, 2.05) is 31.2 Å². The summed E-state index contributed by atoms with van der Waals surface area (Å²) in [7, 11) is 0. The number of benzene rings is 1. The Kier molecular flexibility index (Phi) is 6.09. The van der Waals surface area contributed by atoms with Gasteiger partial charge in [-0.15, -0.1) is 0 Å². The van der Waals surface area contributed by atoms with Gasteiger partial charge >= 0.3 is 6.18 Å². The fourth-order valence-electron chi connectivity index (χ4n) is 3.04. The zero-order valence-electron chi connectivity index (χ0n) is 16.1. The summed E-state index contributed by atoms with van der Waals surface area (Å²) in [6, 6.07) is 8.45. The first kappa shape index (κ1) is 21.3. The minimum absolute atomic E-state index is 0.0155. The lowest BCUT2D eigenvalue weighted by atomic mass is 10.1. The van der Waals surface area contributed by atoms with E-state index < -0.39 is 36.1 Å². The molecule has 160 valence electrons. The number of likely N-dealkylation sites (tertiary alicyclic amines) is 1. The van der Waals surface area contributed by atoms with Crippen molar-refractivity contribution in [3.8, 4) is 0 Å². The topological polar surface area (TPSA) is 96.3 Å². The molecule has 1 fully saturated rings. The Morgan fingerprint density at radius 1 is 1.17 bits per heavy atom. The Balaban J connectivity index is 1.46. The summed E-state index contributed by atoms with van der Waals surface area (Å²) >= 11 is 0. The van der Waals surface area contributed by atoms with Crippen molar-refractivity contribution in [2.75, 3.05) is 6.54 Å². The smallest absolute Gasteiger partial charge is 0.338 e. The van der Waals surface area contributed by atoms with E-state index in [1.54, 1.807) is 4.90 Å². The van der Waals surface area contributed by atoms with Gasteiger partial charge in [0, 0.05) is 25.7 Å². The Hall–Kier alpha value is -3.37. The van der Waals surface area contributed by atoms with Crippen molar-refractivity contribution < 1.29 is 27.6 Å². The monoisotopic (exact) mass is 423 g/mol. The van der Waals surface area contributed by atoms with E-state index in [0.29, 0.717) is 6.54 Å². The number of nitrogens with zero attached hydrogens (tertiary/aromatic N) is 3. The molecule has 1 aliphatic rings. The van der Waals surface area contributed by atoms with Crippen LogP contribution >= 0.6 is 0 Å². The van der Waals surface area contributed by atoms with Gasteiger partial charge in [0.1, 0.15) is 6.54 Å². The van der Waals surface area contributed by atoms with Crippen LogP contribution in [0.4, 0.5) is 13.2 Å². The standard InChI is InChI=1S/C19H20F3N5O3/c1-12-2-4-13(5-3-12)9-26-10-14(8-17(26)29)18(30)24-23-16(28)11-27-7-6-15(25-27)19(20,21)22/h2-7,14H,8-11H2,1H3,(H,23,28)(H,24,30). The van der Waals surface area contributed by atoms with E-state index in [1.165, 1.54) is 0 Å². The molecule has 2 N–H and O–H groups in total. The Bertz CT molecular complexity index is 940. The number of halogens is 3. The second-order valence-corrected chi connectivity index (χ2v) is 7.09. The number of nitrogens with one attached hydrogen (secondary N) is 2. The third kappa shape index (κ3) is 5.37. The molecule has 1 unspecified atom stereocenters. The van der Waals surface area contributed by atoms with Crippen LogP contribution in [0.5, 0.6) is 0 Å². The van der Waals surface area contributed by atoms with Gasteiger partial charge in [0.15, 0.2) is 5.69 Å². The summed E-state index contributed by atoms with van der Waals surface area (Å²) in [6.07, 6.45) is -3.57. The minimum Gasteiger partial charge on any atom is -0.338 e. The van der Waals surface area contributed by atoms with Crippen LogP contribution in [0.3, 0.4) is 0 Å². The Morgan fingerprint density at radius 3 is 2.50 bits per heavy atom. The third-order valence-electron chi connectivity index (χ3n) is 4.64. The first-order valence-corrected chi connectivity index (χ1v) is 9.14. The van der Waals surface area contributed by atoms with Crippen molar-refractivity contribution in [2.24, 2.45) is 5.92 Å². The van der Waals surface area contributed by atoms with Crippen LogP contribution in [-0.4, -0.2) is 38.9 Å². The highest BCUT2D eigenvalue weighted by atomic mass is 19.4. The van der Waals surface area contributed by atoms with Crippen LogP contribution in [0.15, 0.2) is 36.5 Å². The third-order valence-corrected chi connectivity index (χ3v) is 4.64. The molecule has 8 nitrogen and oxygen atoms in total. The molecule has 0 aliphatic carbocycles. The van der Waals surface area contributed by atoms with Gasteiger partial charge in [-0.2, -0.15) is 18.3 Å². The molecule has 1 saturated heterocycles. The lowest BCUT2D eigenvalue weighted by Gasteiger charge is -2.17. The van der Waals surface area contributed by atoms with Gasteiger partial charge < -0.3 is 4.90 Å². The summed E-state index contributed by atoms with van der Waals surface area (Å²) in [4.78, 5) is 37.8. The number of alkyl halides is 3. The van der Waals surface area contributed by atoms with E-state index >= 15 is 0 Å². The van der Waals surface area contributed by atoms with Crippen molar-refractivity contribution in [1.29, 1.82) is 0 Å². The molecule has 1 aliphatic heterocycles. The SMILES string of the molecule is Cc1ccc(CN2CC(C(=O)NNC(=O)Cn3ccc(C(F)(F)F)n3)CC2=O)cc1. The zero-order chi connectivity index (χ0) is 21.9. The number of hydrogen-bond donors (Lipinski definition) is 2. The van der Waals surface area contributed by atoms with Crippen LogP contribution in [0.25, 0.3) is 0 Å². The van der Waals surface area contributed by atoms with Gasteiger partial charge in [-0.05, 0) is 18.6 Å². The van der Waals surface area contributed by atoms with Gasteiger partial charge in [0.25, 0.3) is 5.91 Å². The lowest BCUT2D eigenvalue weighted by molar-refractivity contribution is -0.141. The summed E-state index contributed by atoms with van der Waals surface area (Å²) < 4.78 is 38.4. The number of hydrazine groups is 1. The van der Waals surface area contributed by atoms with Crippen molar-refractivity contribution in [2.45, 2.75) is 32.6 Å². The number of rotatable bonds is 5. The van der Waals surface area contributed by atoms with Crippen molar-refractivity contribution in [3.63, 3.8) is 0 Å². The maximum Gasteiger partial charge on any atom is 0.435 e. The van der Waals surface area contributed by atoms with E-state index in [2.05, 4.69) is 16.0 Å². The molecule has 0 spiro atoms. The van der Waals surface area contributed by atoms with E-state index in [-0.39, 0.29) is 18.9 Å². The van der Waals surface area contributed by atoms with Crippen molar-refractivity contribution in [3.05, 3.63) is 53.3 Å². The number of carbonyl (C=O) groups excluding carboxylic acids is 3. The number of hydrogen-bond acceptors (Lipinski definition) is 4. The maximum atomic E-state index is 12.5. The first-order chi connectivity index (χ1) is 14.1. The van der Waals surface area contributed by atoms with E-state index in [4.69, 9.17) is 0 Å². The van der Waals surface area contributed by atoms with Crippen LogP contribution in [0.1, 0.15) is 23.2 Å². The molecule has 30 heavy (non-hydrogen) atoms. The van der Waals surface area contributed by atoms with Gasteiger partial charge in [0.05, 0.1) is 5.92 Å². The minimum atomic E-state index is -4.60. The fourth-order valence-corrected chi connectivity index (χ4v) is 3.04. The summed E-state index contributed by atoms with van der Waals surface area (Å²) in [5.41, 5.74) is 5.28. The molecule has 3 rings (SSSR count). The van der Waals surface area contributed by atoms with Gasteiger partial charge in [-0.3, -0.25) is 29.9 Å². The number of amides is 3. The Labute approximate surface area is 170 Å². The highest BCUT2D eigenvalue weighted by Gasteiger charge is 2.35. The molecule has 0 radical (unpaired) electrons. The number of aromatic nitrogens is 2. The summed E-state index contributed by atoms with van der Waals surface area (Å²) in [6.45, 7) is 2.05. The van der Waals surface area contributed by atoms with E-state index in [0.717, 1.165) is 28.1 Å². The fraction of sp³-hybridized carbons (Fsp3) is 0.368.